The third kappa shape index (κ3) is 6.08. The van der Waals surface area contributed by atoms with Crippen LogP contribution < -0.4 is 0 Å². The van der Waals surface area contributed by atoms with E-state index in [1.54, 1.807) is 33.8 Å². The molecule has 43 heavy (non-hydrogen) atoms. The van der Waals surface area contributed by atoms with E-state index in [0.717, 1.165) is 13.8 Å². The van der Waals surface area contributed by atoms with E-state index in [1.807, 2.05) is 13.8 Å². The molecule has 12 nitrogen and oxygen atoms in total. The molecule has 3 aliphatic rings. The Bertz CT molecular complexity index is 1230. The van der Waals surface area contributed by atoms with Gasteiger partial charge in [-0.1, -0.05) is 26.8 Å². The first-order chi connectivity index (χ1) is 19.8. The smallest absolute Gasteiger partial charge is 0.341 e. The number of ether oxygens (including phenoxy) is 5. The Kier molecular flexibility index (Phi) is 9.87. The molecular weight excluding hydrogens is 564 g/mol. The van der Waals surface area contributed by atoms with Crippen molar-refractivity contribution in [3.05, 3.63) is 22.8 Å². The summed E-state index contributed by atoms with van der Waals surface area (Å²) in [6.07, 6.45) is -4.24. The van der Waals surface area contributed by atoms with Gasteiger partial charge in [0.1, 0.15) is 11.7 Å². The van der Waals surface area contributed by atoms with Gasteiger partial charge in [-0.2, -0.15) is 0 Å². The fourth-order valence-corrected chi connectivity index (χ4v) is 6.35. The van der Waals surface area contributed by atoms with Crippen LogP contribution in [0.1, 0.15) is 88.0 Å². The molecule has 240 valence electrons. The lowest BCUT2D eigenvalue weighted by Crippen LogP contribution is -2.64. The van der Waals surface area contributed by atoms with Crippen LogP contribution in [0.3, 0.4) is 0 Å². The van der Waals surface area contributed by atoms with Gasteiger partial charge in [0.15, 0.2) is 29.5 Å². The van der Waals surface area contributed by atoms with Crippen molar-refractivity contribution in [2.45, 2.75) is 129 Å². The normalized spacial score (nSPS) is 35.5. The van der Waals surface area contributed by atoms with Crippen LogP contribution in [-0.2, 0) is 47.7 Å². The van der Waals surface area contributed by atoms with Gasteiger partial charge in [0.25, 0.3) is 0 Å². The molecule has 2 fully saturated rings. The van der Waals surface area contributed by atoms with Crippen molar-refractivity contribution in [2.75, 3.05) is 0 Å². The Balaban J connectivity index is 2.33. The van der Waals surface area contributed by atoms with Gasteiger partial charge in [0.05, 0.1) is 5.92 Å². The first-order valence-electron chi connectivity index (χ1n) is 14.6. The van der Waals surface area contributed by atoms with E-state index in [4.69, 9.17) is 23.7 Å². The van der Waals surface area contributed by atoms with Crippen molar-refractivity contribution >= 4 is 29.8 Å². The summed E-state index contributed by atoms with van der Waals surface area (Å²) in [6.45, 7) is 13.9. The van der Waals surface area contributed by atoms with E-state index >= 15 is 0 Å². The number of allylic oxidation sites excluding steroid dienone is 1. The number of rotatable bonds is 9. The first-order valence-corrected chi connectivity index (χ1v) is 14.6. The lowest BCUT2D eigenvalue weighted by molar-refractivity contribution is -0.212. The zero-order chi connectivity index (χ0) is 32.7. The Morgan fingerprint density at radius 1 is 1.07 bits per heavy atom. The number of hydrogen-bond acceptors (Lipinski definition) is 12. The van der Waals surface area contributed by atoms with Crippen molar-refractivity contribution in [1.82, 2.24) is 0 Å². The number of carbonyl (C=O) groups is 5. The minimum absolute atomic E-state index is 0.0186. The van der Waals surface area contributed by atoms with E-state index in [-0.39, 0.29) is 35.5 Å². The summed E-state index contributed by atoms with van der Waals surface area (Å²) < 4.78 is 29.0. The third-order valence-electron chi connectivity index (χ3n) is 8.60. The number of esters is 5. The average Bonchev–Trinajstić information content (AvgIpc) is 3.21. The Labute approximate surface area is 251 Å². The molecule has 0 spiro atoms. The SMILES string of the molecule is C/C=C(/C)C(=O)O[C@H]1C(C)=C2[C@H]([C@@H]1OC(=O)CC(C)C)[C@@](C)(OC(C)=O)C[C@H](OC(=O)CCC)[C@@]1(O)[C@H]2OC(=O)[C@@]1(C)O. The number of hydrogen-bond donors (Lipinski definition) is 2. The predicted molar refractivity (Wildman–Crippen MR) is 150 cm³/mol. The Morgan fingerprint density at radius 3 is 2.23 bits per heavy atom. The van der Waals surface area contributed by atoms with Crippen LogP contribution in [0, 0.1) is 11.8 Å². The van der Waals surface area contributed by atoms with Gasteiger partial charge in [-0.25, -0.2) is 9.59 Å². The number of aliphatic hydroxyl groups is 2. The molecule has 0 aromatic carbocycles. The first kappa shape index (κ1) is 34.2. The van der Waals surface area contributed by atoms with E-state index in [9.17, 15) is 34.2 Å². The average molecular weight is 609 g/mol. The molecule has 1 heterocycles. The van der Waals surface area contributed by atoms with E-state index in [1.165, 1.54) is 6.92 Å². The molecule has 3 rings (SSSR count). The van der Waals surface area contributed by atoms with Crippen LogP contribution in [0.2, 0.25) is 0 Å². The minimum Gasteiger partial charge on any atom is -0.459 e. The van der Waals surface area contributed by atoms with E-state index in [0.29, 0.717) is 6.42 Å². The fraction of sp³-hybridized carbons (Fsp3) is 0.710. The molecule has 2 aliphatic carbocycles. The summed E-state index contributed by atoms with van der Waals surface area (Å²) in [5.74, 6) is -5.19. The van der Waals surface area contributed by atoms with Crippen LogP contribution in [-0.4, -0.2) is 81.3 Å². The monoisotopic (exact) mass is 608 g/mol. The summed E-state index contributed by atoms with van der Waals surface area (Å²) in [5.41, 5.74) is -6.16. The molecule has 1 aliphatic heterocycles. The van der Waals surface area contributed by atoms with Crippen molar-refractivity contribution < 1.29 is 57.9 Å². The highest BCUT2D eigenvalue weighted by molar-refractivity contribution is 5.88. The van der Waals surface area contributed by atoms with E-state index < -0.39 is 83.4 Å². The maximum atomic E-state index is 13.1. The molecule has 0 radical (unpaired) electrons. The van der Waals surface area contributed by atoms with Crippen LogP contribution in [0.15, 0.2) is 22.8 Å². The second-order valence-corrected chi connectivity index (χ2v) is 12.5. The number of carbonyl (C=O) groups excluding carboxylic acids is 5. The van der Waals surface area contributed by atoms with Gasteiger partial charge < -0.3 is 33.9 Å². The molecule has 0 aromatic rings. The van der Waals surface area contributed by atoms with Crippen LogP contribution in [0.25, 0.3) is 0 Å². The summed E-state index contributed by atoms with van der Waals surface area (Å²) in [7, 11) is 0. The summed E-state index contributed by atoms with van der Waals surface area (Å²) in [5, 5.41) is 23.7. The fourth-order valence-electron chi connectivity index (χ4n) is 6.35. The maximum absolute atomic E-state index is 13.1. The van der Waals surface area contributed by atoms with Crippen LogP contribution >= 0.6 is 0 Å². The van der Waals surface area contributed by atoms with Crippen molar-refractivity contribution in [2.24, 2.45) is 11.8 Å². The largest absolute Gasteiger partial charge is 0.459 e. The number of fused-ring (bicyclic) bond motifs is 3. The lowest BCUT2D eigenvalue weighted by atomic mass is 9.75. The zero-order valence-electron chi connectivity index (χ0n) is 26.3. The highest BCUT2D eigenvalue weighted by atomic mass is 16.6. The zero-order valence-corrected chi connectivity index (χ0v) is 26.3. The summed E-state index contributed by atoms with van der Waals surface area (Å²) in [6, 6.07) is 0. The second-order valence-electron chi connectivity index (χ2n) is 12.5. The highest BCUT2D eigenvalue weighted by Crippen LogP contribution is 2.57. The predicted octanol–water partition coefficient (Wildman–Crippen LogP) is 2.61. The topological polar surface area (TPSA) is 172 Å². The van der Waals surface area contributed by atoms with Gasteiger partial charge in [-0.15, -0.1) is 0 Å². The lowest BCUT2D eigenvalue weighted by Gasteiger charge is -2.41. The summed E-state index contributed by atoms with van der Waals surface area (Å²) in [4.78, 5) is 64.5. The van der Waals surface area contributed by atoms with Gasteiger partial charge in [-0.05, 0) is 58.1 Å². The third-order valence-corrected chi connectivity index (χ3v) is 8.60. The molecule has 0 bridgehead atoms. The molecule has 0 unspecified atom stereocenters. The maximum Gasteiger partial charge on any atom is 0.341 e. The van der Waals surface area contributed by atoms with Crippen LogP contribution in [0.5, 0.6) is 0 Å². The Morgan fingerprint density at radius 2 is 1.70 bits per heavy atom. The van der Waals surface area contributed by atoms with E-state index in [2.05, 4.69) is 0 Å². The van der Waals surface area contributed by atoms with Gasteiger partial charge >= 0.3 is 29.8 Å². The second kappa shape index (κ2) is 12.4. The molecule has 8 atom stereocenters. The molecular formula is C31H44O12. The van der Waals surface area contributed by atoms with Crippen molar-refractivity contribution in [3.8, 4) is 0 Å². The van der Waals surface area contributed by atoms with Crippen molar-refractivity contribution in [3.63, 3.8) is 0 Å². The minimum atomic E-state index is -2.58. The quantitative estimate of drug-likeness (QED) is 0.170. The van der Waals surface area contributed by atoms with Crippen molar-refractivity contribution in [1.29, 1.82) is 0 Å². The van der Waals surface area contributed by atoms with Gasteiger partial charge in [0, 0.05) is 31.8 Å². The molecule has 1 saturated carbocycles. The standard InChI is InChI=1S/C31H44O12/c1-10-12-20(33)39-19-14-29(8,43-18(7)32)23-22(26-31(19,38)30(9,37)28(36)42-26)17(6)24(41-27(35)16(5)11-2)25(23)40-21(34)13-15(3)4/h11,15,19,23-26,37-38H,10,12-14H2,1-9H3/b16-11-/t19-,23+,24-,25-,26-,29-,30+,31+/m0/s1. The molecule has 1 saturated heterocycles. The molecule has 12 heteroatoms. The Hall–Kier alpha value is -3.25. The molecule has 2 N–H and O–H groups in total. The summed E-state index contributed by atoms with van der Waals surface area (Å²) >= 11 is 0. The van der Waals surface area contributed by atoms with Crippen LogP contribution in [0.4, 0.5) is 0 Å². The van der Waals surface area contributed by atoms with Gasteiger partial charge in [0.2, 0.25) is 0 Å². The molecule has 0 aromatic heterocycles. The highest BCUT2D eigenvalue weighted by Gasteiger charge is 2.76. The van der Waals surface area contributed by atoms with Gasteiger partial charge in [-0.3, -0.25) is 14.4 Å². The molecule has 0 amide bonds.